The first-order valence-electron chi connectivity index (χ1n) is 5.64. The number of hydrogen-bond donors (Lipinski definition) is 2. The van der Waals surface area contributed by atoms with Gasteiger partial charge in [-0.25, -0.2) is 0 Å². The van der Waals surface area contributed by atoms with Crippen molar-refractivity contribution in [3.63, 3.8) is 0 Å². The van der Waals surface area contributed by atoms with Crippen LogP contribution in [0.2, 0.25) is 0 Å². The van der Waals surface area contributed by atoms with E-state index in [1.807, 2.05) is 0 Å². The lowest BCUT2D eigenvalue weighted by molar-refractivity contribution is 0.0844. The predicted octanol–water partition coefficient (Wildman–Crippen LogP) is 1.11. The van der Waals surface area contributed by atoms with Crippen molar-refractivity contribution < 1.29 is 4.74 Å². The molecule has 0 saturated carbocycles. The second-order valence-corrected chi connectivity index (χ2v) is 4.14. The third-order valence-corrected chi connectivity index (χ3v) is 3.15. The van der Waals surface area contributed by atoms with Gasteiger partial charge in [0.1, 0.15) is 0 Å². The molecule has 1 aliphatic heterocycles. The Morgan fingerprint density at radius 3 is 2.87 bits per heavy atom. The molecule has 1 aliphatic rings. The second-order valence-electron chi connectivity index (χ2n) is 4.14. The summed E-state index contributed by atoms with van der Waals surface area (Å²) in [5, 5.41) is 7.52. The molecule has 1 saturated heterocycles. The molecule has 84 valence electrons. The topological polar surface area (TPSA) is 63.9 Å². The highest BCUT2D eigenvalue weighted by molar-refractivity contribution is 5.27. The van der Waals surface area contributed by atoms with Gasteiger partial charge < -0.3 is 10.5 Å². The van der Waals surface area contributed by atoms with E-state index in [0.717, 1.165) is 32.5 Å². The van der Waals surface area contributed by atoms with E-state index in [4.69, 9.17) is 10.5 Å². The number of aromatic amines is 1. The molecule has 4 heteroatoms. The number of ether oxygens (including phenoxy) is 1. The summed E-state index contributed by atoms with van der Waals surface area (Å²) in [4.78, 5) is 0. The first-order valence-corrected chi connectivity index (χ1v) is 5.64. The van der Waals surface area contributed by atoms with Crippen LogP contribution in [0.5, 0.6) is 0 Å². The van der Waals surface area contributed by atoms with Crippen molar-refractivity contribution in [1.29, 1.82) is 0 Å². The maximum atomic E-state index is 5.55. The summed E-state index contributed by atoms with van der Waals surface area (Å²) in [5.41, 5.74) is 9.27. The van der Waals surface area contributed by atoms with Crippen LogP contribution in [0.25, 0.3) is 0 Å². The molecule has 2 rings (SSSR count). The minimum absolute atomic E-state index is 0.571. The summed E-state index contributed by atoms with van der Waals surface area (Å²) >= 11 is 0. The maximum absolute atomic E-state index is 5.55. The summed E-state index contributed by atoms with van der Waals surface area (Å²) in [6.07, 6.45) is 3.07. The zero-order valence-electron chi connectivity index (χ0n) is 9.25. The van der Waals surface area contributed by atoms with Gasteiger partial charge in [-0.15, -0.1) is 0 Å². The van der Waals surface area contributed by atoms with Gasteiger partial charge in [-0.2, -0.15) is 5.10 Å². The van der Waals surface area contributed by atoms with Gasteiger partial charge in [0.15, 0.2) is 0 Å². The minimum Gasteiger partial charge on any atom is -0.381 e. The predicted molar refractivity (Wildman–Crippen MR) is 58.9 cm³/mol. The zero-order chi connectivity index (χ0) is 10.7. The molecule has 0 aromatic carbocycles. The molecule has 0 amide bonds. The number of H-pyrrole nitrogens is 1. The number of nitrogens with two attached hydrogens (primary N) is 1. The highest BCUT2D eigenvalue weighted by Gasteiger charge is 2.21. The second kappa shape index (κ2) is 4.77. The molecule has 15 heavy (non-hydrogen) atoms. The fourth-order valence-electron chi connectivity index (χ4n) is 2.21. The Hall–Kier alpha value is -0.870. The zero-order valence-corrected chi connectivity index (χ0v) is 9.25. The van der Waals surface area contributed by atoms with Crippen LogP contribution in [0.1, 0.15) is 35.7 Å². The lowest BCUT2D eigenvalue weighted by Crippen LogP contribution is -2.15. The molecule has 2 heterocycles. The molecule has 1 aromatic heterocycles. The van der Waals surface area contributed by atoms with Crippen molar-refractivity contribution in [2.75, 3.05) is 19.8 Å². The minimum atomic E-state index is 0.571. The van der Waals surface area contributed by atoms with Crippen molar-refractivity contribution >= 4 is 0 Å². The van der Waals surface area contributed by atoms with Gasteiger partial charge in [-0.05, 0) is 31.9 Å². The monoisotopic (exact) mass is 209 g/mol. The summed E-state index contributed by atoms with van der Waals surface area (Å²) in [7, 11) is 0. The lowest BCUT2D eigenvalue weighted by Gasteiger charge is -2.20. The quantitative estimate of drug-likeness (QED) is 0.784. The number of hydrogen-bond acceptors (Lipinski definition) is 3. The van der Waals surface area contributed by atoms with Gasteiger partial charge in [-0.1, -0.05) is 0 Å². The van der Waals surface area contributed by atoms with E-state index in [-0.39, 0.29) is 0 Å². The molecule has 1 aromatic rings. The Morgan fingerprint density at radius 2 is 2.20 bits per heavy atom. The fourth-order valence-corrected chi connectivity index (χ4v) is 2.21. The van der Waals surface area contributed by atoms with Gasteiger partial charge in [0.2, 0.25) is 0 Å². The van der Waals surface area contributed by atoms with Crippen LogP contribution in [0.15, 0.2) is 0 Å². The van der Waals surface area contributed by atoms with Crippen LogP contribution in [0, 0.1) is 6.92 Å². The average Bonchev–Trinajstić information content (AvgIpc) is 2.63. The van der Waals surface area contributed by atoms with Gasteiger partial charge >= 0.3 is 0 Å². The van der Waals surface area contributed by atoms with Gasteiger partial charge in [-0.3, -0.25) is 5.10 Å². The SMILES string of the molecule is Cc1c(C2CCOCC2)n[nH]c1CCN. The van der Waals surface area contributed by atoms with E-state index >= 15 is 0 Å². The smallest absolute Gasteiger partial charge is 0.0686 e. The average molecular weight is 209 g/mol. The van der Waals surface area contributed by atoms with Crippen LogP contribution in [-0.4, -0.2) is 30.0 Å². The normalized spacial score (nSPS) is 18.3. The van der Waals surface area contributed by atoms with Gasteiger partial charge in [0.25, 0.3) is 0 Å². The largest absolute Gasteiger partial charge is 0.381 e. The standard InChI is InChI=1S/C11H19N3O/c1-8-10(2-5-12)13-14-11(8)9-3-6-15-7-4-9/h9H,2-7,12H2,1H3,(H,13,14). The molecular weight excluding hydrogens is 190 g/mol. The van der Waals surface area contributed by atoms with Crippen LogP contribution in [-0.2, 0) is 11.2 Å². The summed E-state index contributed by atoms with van der Waals surface area (Å²) < 4.78 is 5.36. The molecule has 0 aliphatic carbocycles. The summed E-state index contributed by atoms with van der Waals surface area (Å²) in [5.74, 6) is 0.571. The van der Waals surface area contributed by atoms with E-state index < -0.39 is 0 Å². The molecule has 0 unspecified atom stereocenters. The molecule has 3 N–H and O–H groups in total. The molecule has 0 radical (unpaired) electrons. The highest BCUT2D eigenvalue weighted by Crippen LogP contribution is 2.28. The summed E-state index contributed by atoms with van der Waals surface area (Å²) in [6, 6.07) is 0. The van der Waals surface area contributed by atoms with Crippen LogP contribution >= 0.6 is 0 Å². The summed E-state index contributed by atoms with van der Waals surface area (Å²) in [6.45, 7) is 4.54. The van der Waals surface area contributed by atoms with Crippen molar-refractivity contribution in [3.05, 3.63) is 17.0 Å². The first kappa shape index (κ1) is 10.6. The third kappa shape index (κ3) is 2.21. The molecule has 0 atom stereocenters. The fraction of sp³-hybridized carbons (Fsp3) is 0.727. The van der Waals surface area contributed by atoms with E-state index in [1.54, 1.807) is 0 Å². The van der Waals surface area contributed by atoms with Gasteiger partial charge in [0.05, 0.1) is 5.69 Å². The van der Waals surface area contributed by atoms with Crippen LogP contribution in [0.4, 0.5) is 0 Å². The van der Waals surface area contributed by atoms with Gasteiger partial charge in [0, 0.05) is 31.2 Å². The molecule has 0 spiro atoms. The molecule has 4 nitrogen and oxygen atoms in total. The number of nitrogens with zero attached hydrogens (tertiary/aromatic N) is 1. The third-order valence-electron chi connectivity index (χ3n) is 3.15. The molecular formula is C11H19N3O. The van der Waals surface area contributed by atoms with E-state index in [0.29, 0.717) is 12.5 Å². The van der Waals surface area contributed by atoms with E-state index in [9.17, 15) is 0 Å². The number of nitrogens with one attached hydrogen (secondary N) is 1. The van der Waals surface area contributed by atoms with Crippen molar-refractivity contribution in [2.24, 2.45) is 5.73 Å². The Morgan fingerprint density at radius 1 is 1.47 bits per heavy atom. The number of rotatable bonds is 3. The maximum Gasteiger partial charge on any atom is 0.0686 e. The van der Waals surface area contributed by atoms with Crippen molar-refractivity contribution in [2.45, 2.75) is 32.1 Å². The number of aromatic nitrogens is 2. The van der Waals surface area contributed by atoms with Crippen LogP contribution < -0.4 is 5.73 Å². The van der Waals surface area contributed by atoms with Crippen molar-refractivity contribution in [3.8, 4) is 0 Å². The Balaban J connectivity index is 2.13. The van der Waals surface area contributed by atoms with Crippen LogP contribution in [0.3, 0.4) is 0 Å². The van der Waals surface area contributed by atoms with E-state index in [2.05, 4.69) is 17.1 Å². The van der Waals surface area contributed by atoms with Crippen molar-refractivity contribution in [1.82, 2.24) is 10.2 Å². The Bertz CT molecular complexity index is 316. The Labute approximate surface area is 90.2 Å². The Kier molecular flexibility index (Phi) is 3.38. The lowest BCUT2D eigenvalue weighted by atomic mass is 9.93. The van der Waals surface area contributed by atoms with E-state index in [1.165, 1.54) is 17.0 Å². The molecule has 0 bridgehead atoms. The highest BCUT2D eigenvalue weighted by atomic mass is 16.5. The first-order chi connectivity index (χ1) is 7.33. The molecule has 1 fully saturated rings.